The highest BCUT2D eigenvalue weighted by molar-refractivity contribution is 5.71. The monoisotopic (exact) mass is 945 g/mol. The summed E-state index contributed by atoms with van der Waals surface area (Å²) in [5, 5.41) is 0. The number of unbranched alkanes of at least 4 members (excludes halogenated alkanes) is 43. The van der Waals surface area contributed by atoms with Crippen LogP contribution in [0.5, 0.6) is 0 Å². The Balaban J connectivity index is 4.19. The highest BCUT2D eigenvalue weighted by Crippen LogP contribution is 2.17. The highest BCUT2D eigenvalue weighted by atomic mass is 16.6. The molecular formula is C61H116O6. The molecule has 67 heavy (non-hydrogen) atoms. The van der Waals surface area contributed by atoms with E-state index >= 15 is 0 Å². The maximum atomic E-state index is 12.8. The smallest absolute Gasteiger partial charge is 0.306 e. The Hall–Kier alpha value is -1.85. The molecule has 0 spiro atoms. The third-order valence-electron chi connectivity index (χ3n) is 13.8. The Morgan fingerprint density at radius 3 is 0.746 bits per heavy atom. The summed E-state index contributed by atoms with van der Waals surface area (Å²) in [7, 11) is 0. The fourth-order valence-corrected chi connectivity index (χ4v) is 9.21. The second-order valence-electron chi connectivity index (χ2n) is 20.6. The van der Waals surface area contributed by atoms with Crippen molar-refractivity contribution < 1.29 is 28.6 Å². The van der Waals surface area contributed by atoms with Gasteiger partial charge in [-0.05, 0) is 44.9 Å². The van der Waals surface area contributed by atoms with Crippen molar-refractivity contribution in [1.82, 2.24) is 0 Å². The molecule has 396 valence electrons. The number of rotatable bonds is 56. The first-order valence-corrected chi connectivity index (χ1v) is 30.2. The van der Waals surface area contributed by atoms with Crippen molar-refractivity contribution in [1.29, 1.82) is 0 Å². The Morgan fingerprint density at radius 1 is 0.284 bits per heavy atom. The Kier molecular flexibility index (Phi) is 55.2. The zero-order chi connectivity index (χ0) is 48.6. The van der Waals surface area contributed by atoms with Gasteiger partial charge in [0.05, 0.1) is 0 Å². The molecule has 1 unspecified atom stereocenters. The third kappa shape index (κ3) is 55.0. The molecule has 0 fully saturated rings. The van der Waals surface area contributed by atoms with Crippen molar-refractivity contribution in [2.75, 3.05) is 13.2 Å². The number of esters is 3. The minimum atomic E-state index is -0.765. The summed E-state index contributed by atoms with van der Waals surface area (Å²) in [5.74, 6) is -0.845. The first-order valence-electron chi connectivity index (χ1n) is 30.2. The molecular weight excluding hydrogens is 829 g/mol. The van der Waals surface area contributed by atoms with E-state index in [0.717, 1.165) is 57.8 Å². The Labute approximate surface area is 418 Å². The fraction of sp³-hybridized carbons (Fsp3) is 0.918. The summed E-state index contributed by atoms with van der Waals surface area (Å²) in [4.78, 5) is 38.1. The lowest BCUT2D eigenvalue weighted by Gasteiger charge is -2.18. The predicted octanol–water partition coefficient (Wildman–Crippen LogP) is 20.1. The lowest BCUT2D eigenvalue weighted by atomic mass is 10.0. The van der Waals surface area contributed by atoms with Crippen LogP contribution in [0.3, 0.4) is 0 Å². The summed E-state index contributed by atoms with van der Waals surface area (Å²) < 4.78 is 16.9. The molecule has 0 bridgehead atoms. The van der Waals surface area contributed by atoms with Crippen molar-refractivity contribution in [2.45, 2.75) is 348 Å². The van der Waals surface area contributed by atoms with Gasteiger partial charge in [0.15, 0.2) is 6.10 Å². The van der Waals surface area contributed by atoms with Crippen LogP contribution in [0.25, 0.3) is 0 Å². The van der Waals surface area contributed by atoms with Gasteiger partial charge < -0.3 is 14.2 Å². The van der Waals surface area contributed by atoms with Crippen molar-refractivity contribution >= 4 is 17.9 Å². The Bertz CT molecular complexity index is 1040. The summed E-state index contributed by atoms with van der Waals surface area (Å²) in [6.45, 7) is 6.68. The predicted molar refractivity (Wildman–Crippen MR) is 289 cm³/mol. The number of carbonyl (C=O) groups is 3. The molecule has 0 aromatic carbocycles. The molecule has 0 aromatic rings. The quantitative estimate of drug-likeness (QED) is 0.0262. The van der Waals surface area contributed by atoms with Crippen LogP contribution in [0.2, 0.25) is 0 Å². The van der Waals surface area contributed by atoms with Gasteiger partial charge in [0.25, 0.3) is 0 Å². The largest absolute Gasteiger partial charge is 0.462 e. The van der Waals surface area contributed by atoms with Crippen LogP contribution in [0.15, 0.2) is 12.2 Å². The van der Waals surface area contributed by atoms with Crippen molar-refractivity contribution in [3.05, 3.63) is 12.2 Å². The zero-order valence-electron chi connectivity index (χ0n) is 45.5. The third-order valence-corrected chi connectivity index (χ3v) is 13.8. The van der Waals surface area contributed by atoms with E-state index in [9.17, 15) is 14.4 Å². The van der Waals surface area contributed by atoms with Gasteiger partial charge in [0.2, 0.25) is 0 Å². The van der Waals surface area contributed by atoms with Crippen LogP contribution in [0.4, 0.5) is 0 Å². The molecule has 0 saturated heterocycles. The summed E-state index contributed by atoms with van der Waals surface area (Å²) in [6, 6.07) is 0. The van der Waals surface area contributed by atoms with E-state index in [-0.39, 0.29) is 31.1 Å². The van der Waals surface area contributed by atoms with Crippen LogP contribution >= 0.6 is 0 Å². The molecule has 1 atom stereocenters. The number of carbonyl (C=O) groups excluding carboxylic acids is 3. The molecule has 0 amide bonds. The van der Waals surface area contributed by atoms with Gasteiger partial charge in [0.1, 0.15) is 13.2 Å². The molecule has 0 aliphatic carbocycles. The van der Waals surface area contributed by atoms with E-state index in [4.69, 9.17) is 14.2 Å². The molecule has 0 N–H and O–H groups in total. The maximum absolute atomic E-state index is 12.8. The average molecular weight is 946 g/mol. The fourth-order valence-electron chi connectivity index (χ4n) is 9.21. The lowest BCUT2D eigenvalue weighted by molar-refractivity contribution is -0.167. The highest BCUT2D eigenvalue weighted by Gasteiger charge is 2.19. The minimum absolute atomic E-state index is 0.0649. The second kappa shape index (κ2) is 56.7. The minimum Gasteiger partial charge on any atom is -0.462 e. The van der Waals surface area contributed by atoms with Gasteiger partial charge >= 0.3 is 17.9 Å². The molecule has 6 nitrogen and oxygen atoms in total. The SMILES string of the molecule is CCCCCCCC/C=C\CCCCCCCCCCCC(=O)OC(COC(=O)CCCCCCCCCCC)COC(=O)CCCCCCCCCCCCCCCCCCCCCCC. The molecule has 0 aliphatic rings. The summed E-state index contributed by atoms with van der Waals surface area (Å²) >= 11 is 0. The van der Waals surface area contributed by atoms with Crippen molar-refractivity contribution in [3.8, 4) is 0 Å². The first kappa shape index (κ1) is 65.1. The number of hydrogen-bond donors (Lipinski definition) is 0. The van der Waals surface area contributed by atoms with E-state index in [1.807, 2.05) is 0 Å². The molecule has 0 aliphatic heterocycles. The van der Waals surface area contributed by atoms with Crippen LogP contribution in [-0.2, 0) is 28.6 Å². The van der Waals surface area contributed by atoms with Gasteiger partial charge in [-0.25, -0.2) is 0 Å². The van der Waals surface area contributed by atoms with E-state index in [1.165, 1.54) is 244 Å². The molecule has 0 rings (SSSR count). The van der Waals surface area contributed by atoms with E-state index < -0.39 is 6.10 Å². The van der Waals surface area contributed by atoms with E-state index in [0.29, 0.717) is 19.3 Å². The average Bonchev–Trinajstić information content (AvgIpc) is 3.33. The topological polar surface area (TPSA) is 78.9 Å². The van der Waals surface area contributed by atoms with Crippen LogP contribution in [0, 0.1) is 0 Å². The van der Waals surface area contributed by atoms with Gasteiger partial charge in [-0.2, -0.15) is 0 Å². The summed E-state index contributed by atoms with van der Waals surface area (Å²) in [6.07, 6.45) is 65.1. The maximum Gasteiger partial charge on any atom is 0.306 e. The first-order chi connectivity index (χ1) is 33.0. The number of hydrogen-bond acceptors (Lipinski definition) is 6. The normalized spacial score (nSPS) is 12.0. The molecule has 0 radical (unpaired) electrons. The lowest BCUT2D eigenvalue weighted by Crippen LogP contribution is -2.30. The van der Waals surface area contributed by atoms with Crippen molar-refractivity contribution in [2.24, 2.45) is 0 Å². The van der Waals surface area contributed by atoms with E-state index in [2.05, 4.69) is 32.9 Å². The van der Waals surface area contributed by atoms with Crippen LogP contribution in [-0.4, -0.2) is 37.2 Å². The van der Waals surface area contributed by atoms with Crippen LogP contribution < -0.4 is 0 Å². The molecule has 0 heterocycles. The van der Waals surface area contributed by atoms with Gasteiger partial charge in [-0.15, -0.1) is 0 Å². The van der Waals surface area contributed by atoms with Gasteiger partial charge in [-0.1, -0.05) is 290 Å². The van der Waals surface area contributed by atoms with Crippen molar-refractivity contribution in [3.63, 3.8) is 0 Å². The van der Waals surface area contributed by atoms with Gasteiger partial charge in [0, 0.05) is 19.3 Å². The Morgan fingerprint density at radius 2 is 0.493 bits per heavy atom. The molecule has 6 heteroatoms. The number of allylic oxidation sites excluding steroid dienone is 2. The van der Waals surface area contributed by atoms with Crippen LogP contribution in [0.1, 0.15) is 342 Å². The summed E-state index contributed by atoms with van der Waals surface area (Å²) in [5.41, 5.74) is 0. The standard InChI is InChI=1S/C61H116O6/c1-4-7-10-13-16-19-21-23-25-27-29-30-32-33-35-37-39-42-45-48-51-54-60(63)66-57-58(56-65-59(62)53-50-47-44-41-18-15-12-9-6-3)67-61(64)55-52-49-46-43-40-38-36-34-31-28-26-24-22-20-17-14-11-8-5-2/h24,26,58H,4-23,25,27-57H2,1-3H3/b26-24-. The zero-order valence-corrected chi connectivity index (χ0v) is 45.5. The van der Waals surface area contributed by atoms with E-state index in [1.54, 1.807) is 0 Å². The molecule has 0 saturated carbocycles. The molecule has 0 aromatic heterocycles. The van der Waals surface area contributed by atoms with Gasteiger partial charge in [-0.3, -0.25) is 14.4 Å². The second-order valence-corrected chi connectivity index (χ2v) is 20.6. The number of ether oxygens (including phenoxy) is 3.